The summed E-state index contributed by atoms with van der Waals surface area (Å²) in [5.41, 5.74) is 0.574. The van der Waals surface area contributed by atoms with Crippen LogP contribution in [-0.4, -0.2) is 47.0 Å². The van der Waals surface area contributed by atoms with Gasteiger partial charge in [-0.15, -0.1) is 0 Å². The van der Waals surface area contributed by atoms with Crippen LogP contribution in [0.3, 0.4) is 0 Å². The first-order valence-electron chi connectivity index (χ1n) is 9.36. The molecule has 0 saturated heterocycles. The van der Waals surface area contributed by atoms with E-state index in [0.717, 1.165) is 30.8 Å². The van der Waals surface area contributed by atoms with Crippen LogP contribution in [0, 0.1) is 0 Å². The van der Waals surface area contributed by atoms with E-state index < -0.39 is 10.0 Å². The van der Waals surface area contributed by atoms with Gasteiger partial charge in [-0.05, 0) is 37.1 Å². The molecule has 9 heteroatoms. The Morgan fingerprint density at radius 3 is 2.54 bits per heavy atom. The number of rotatable bonds is 7. The molecule has 0 atom stereocenters. The molecular weight excluding hydrogens is 396 g/mol. The minimum absolute atomic E-state index is 0.0706. The van der Waals surface area contributed by atoms with Crippen LogP contribution >= 0.6 is 11.8 Å². The Bertz CT molecular complexity index is 904. The highest BCUT2D eigenvalue weighted by molar-refractivity contribution is 7.99. The molecule has 2 aromatic rings. The molecule has 0 radical (unpaired) electrons. The molecule has 1 aromatic heterocycles. The van der Waals surface area contributed by atoms with E-state index in [1.807, 2.05) is 17.8 Å². The largest absolute Gasteiger partial charge is 0.329 e. The number of nitrogens with one attached hydrogen (secondary N) is 1. The summed E-state index contributed by atoms with van der Waals surface area (Å²) in [6.07, 6.45) is 8.66. The predicted molar refractivity (Wildman–Crippen MR) is 111 cm³/mol. The number of thioether (sulfide) groups is 1. The van der Waals surface area contributed by atoms with Crippen molar-refractivity contribution in [3.8, 4) is 0 Å². The normalized spacial score (nSPS) is 15.7. The van der Waals surface area contributed by atoms with Gasteiger partial charge in [0.05, 0.1) is 10.6 Å². The second kappa shape index (κ2) is 9.11. The zero-order valence-electron chi connectivity index (χ0n) is 16.2. The number of benzene rings is 1. The number of imidazole rings is 1. The fourth-order valence-corrected chi connectivity index (χ4v) is 5.48. The monoisotopic (exact) mass is 422 g/mol. The summed E-state index contributed by atoms with van der Waals surface area (Å²) in [4.78, 5) is 16.5. The van der Waals surface area contributed by atoms with E-state index in [0.29, 0.717) is 5.69 Å². The van der Waals surface area contributed by atoms with Gasteiger partial charge in [-0.2, -0.15) is 4.31 Å². The highest BCUT2D eigenvalue weighted by Crippen LogP contribution is 2.27. The molecule has 1 aromatic carbocycles. The fraction of sp³-hybridized carbons (Fsp3) is 0.474. The van der Waals surface area contributed by atoms with Crippen molar-refractivity contribution in [2.24, 2.45) is 7.05 Å². The molecule has 1 aliphatic carbocycles. The van der Waals surface area contributed by atoms with Gasteiger partial charge in [-0.25, -0.2) is 13.4 Å². The quantitative estimate of drug-likeness (QED) is 0.693. The average molecular weight is 423 g/mol. The Morgan fingerprint density at radius 1 is 1.25 bits per heavy atom. The van der Waals surface area contributed by atoms with Crippen LogP contribution in [0.15, 0.2) is 46.7 Å². The summed E-state index contributed by atoms with van der Waals surface area (Å²) in [5, 5.41) is 3.56. The molecule has 1 fully saturated rings. The maximum absolute atomic E-state index is 12.9. The first-order chi connectivity index (χ1) is 13.4. The molecule has 7 nitrogen and oxygen atoms in total. The lowest BCUT2D eigenvalue weighted by atomic mass is 9.96. The minimum Gasteiger partial charge on any atom is -0.329 e. The van der Waals surface area contributed by atoms with Crippen molar-refractivity contribution in [3.05, 3.63) is 36.7 Å². The van der Waals surface area contributed by atoms with Crippen molar-refractivity contribution in [2.45, 2.75) is 48.2 Å². The number of carbonyl (C=O) groups is 1. The standard InChI is InChI=1S/C19H26N4O3S2/c1-22-13-12-20-19(22)27-14-18(24)21-15-8-10-17(11-9-15)28(25,26)23(2)16-6-4-3-5-7-16/h8-13,16H,3-7,14H2,1-2H3,(H,21,24). The van der Waals surface area contributed by atoms with Gasteiger partial charge in [0.1, 0.15) is 0 Å². The maximum Gasteiger partial charge on any atom is 0.243 e. The summed E-state index contributed by atoms with van der Waals surface area (Å²) in [6, 6.07) is 6.43. The number of hydrogen-bond acceptors (Lipinski definition) is 5. The third kappa shape index (κ3) is 4.95. The molecule has 3 rings (SSSR count). The van der Waals surface area contributed by atoms with Crippen molar-refractivity contribution < 1.29 is 13.2 Å². The number of carbonyl (C=O) groups excluding carboxylic acids is 1. The molecule has 1 amide bonds. The SMILES string of the molecule is CN(C1CCCCC1)S(=O)(=O)c1ccc(NC(=O)CSc2nccn2C)cc1. The molecule has 0 spiro atoms. The third-order valence-corrected chi connectivity index (χ3v) is 8.00. The molecule has 1 saturated carbocycles. The molecule has 0 unspecified atom stereocenters. The molecule has 0 aliphatic heterocycles. The van der Waals surface area contributed by atoms with E-state index in [1.54, 1.807) is 37.5 Å². The zero-order valence-corrected chi connectivity index (χ0v) is 17.8. The minimum atomic E-state index is -3.52. The first kappa shape index (κ1) is 20.9. The van der Waals surface area contributed by atoms with Crippen LogP contribution in [-0.2, 0) is 21.9 Å². The number of hydrogen-bond donors (Lipinski definition) is 1. The molecule has 152 valence electrons. The lowest BCUT2D eigenvalue weighted by Crippen LogP contribution is -2.38. The number of aromatic nitrogens is 2. The Hall–Kier alpha value is -1.84. The van der Waals surface area contributed by atoms with Crippen molar-refractivity contribution in [1.29, 1.82) is 0 Å². The number of nitrogens with zero attached hydrogens (tertiary/aromatic N) is 3. The molecular formula is C19H26N4O3S2. The van der Waals surface area contributed by atoms with Crippen molar-refractivity contribution in [2.75, 3.05) is 18.1 Å². The lowest BCUT2D eigenvalue weighted by Gasteiger charge is -2.30. The molecule has 1 N–H and O–H groups in total. The van der Waals surface area contributed by atoms with Crippen LogP contribution in [0.25, 0.3) is 0 Å². The number of amides is 1. The number of sulfonamides is 1. The summed E-state index contributed by atoms with van der Waals surface area (Å²) in [6.45, 7) is 0. The highest BCUT2D eigenvalue weighted by atomic mass is 32.2. The molecule has 1 heterocycles. The van der Waals surface area contributed by atoms with Crippen LogP contribution < -0.4 is 5.32 Å². The molecule has 1 aliphatic rings. The first-order valence-corrected chi connectivity index (χ1v) is 11.8. The highest BCUT2D eigenvalue weighted by Gasteiger charge is 2.28. The summed E-state index contributed by atoms with van der Waals surface area (Å²) in [7, 11) is 0.0114. The van der Waals surface area contributed by atoms with E-state index in [9.17, 15) is 13.2 Å². The van der Waals surface area contributed by atoms with E-state index in [-0.39, 0.29) is 22.6 Å². The Kier molecular flexibility index (Phi) is 6.79. The van der Waals surface area contributed by atoms with Gasteiger partial charge < -0.3 is 9.88 Å². The number of anilines is 1. The van der Waals surface area contributed by atoms with E-state index >= 15 is 0 Å². The van der Waals surface area contributed by atoms with Crippen LogP contribution in [0.5, 0.6) is 0 Å². The Balaban J connectivity index is 1.59. The van der Waals surface area contributed by atoms with E-state index in [4.69, 9.17) is 0 Å². The van der Waals surface area contributed by atoms with Crippen LogP contribution in [0.4, 0.5) is 5.69 Å². The van der Waals surface area contributed by atoms with Crippen LogP contribution in [0.2, 0.25) is 0 Å². The number of aryl methyl sites for hydroxylation is 1. The molecule has 0 bridgehead atoms. The summed E-state index contributed by atoms with van der Waals surface area (Å²) in [5.74, 6) is 0.0675. The van der Waals surface area contributed by atoms with Gasteiger partial charge in [0, 0.05) is 38.2 Å². The second-order valence-electron chi connectivity index (χ2n) is 7.00. The molecule has 28 heavy (non-hydrogen) atoms. The van der Waals surface area contributed by atoms with Gasteiger partial charge in [0.2, 0.25) is 15.9 Å². The van der Waals surface area contributed by atoms with Gasteiger partial charge in [0.25, 0.3) is 0 Å². The van der Waals surface area contributed by atoms with Crippen LogP contribution in [0.1, 0.15) is 32.1 Å². The smallest absolute Gasteiger partial charge is 0.243 e. The van der Waals surface area contributed by atoms with Crippen molar-refractivity contribution >= 4 is 33.4 Å². The topological polar surface area (TPSA) is 84.3 Å². The van der Waals surface area contributed by atoms with Gasteiger partial charge in [-0.1, -0.05) is 31.0 Å². The zero-order chi connectivity index (χ0) is 20.1. The third-order valence-electron chi connectivity index (χ3n) is 5.01. The van der Waals surface area contributed by atoms with Crippen molar-refractivity contribution in [1.82, 2.24) is 13.9 Å². The summed E-state index contributed by atoms with van der Waals surface area (Å²) < 4.78 is 29.1. The van der Waals surface area contributed by atoms with Crippen molar-refractivity contribution in [3.63, 3.8) is 0 Å². The fourth-order valence-electron chi connectivity index (χ4n) is 3.34. The summed E-state index contributed by atoms with van der Waals surface area (Å²) >= 11 is 1.35. The lowest BCUT2D eigenvalue weighted by molar-refractivity contribution is -0.113. The van der Waals surface area contributed by atoms with Gasteiger partial charge >= 0.3 is 0 Å². The van der Waals surface area contributed by atoms with E-state index in [1.165, 1.54) is 22.5 Å². The maximum atomic E-state index is 12.9. The van der Waals surface area contributed by atoms with Gasteiger partial charge in [0.15, 0.2) is 5.16 Å². The second-order valence-corrected chi connectivity index (χ2v) is 9.94. The van der Waals surface area contributed by atoms with Gasteiger partial charge in [-0.3, -0.25) is 4.79 Å². The predicted octanol–water partition coefficient (Wildman–Crippen LogP) is 3.10. The Morgan fingerprint density at radius 2 is 1.93 bits per heavy atom. The Labute approximate surface area is 170 Å². The average Bonchev–Trinajstić information content (AvgIpc) is 3.11. The van der Waals surface area contributed by atoms with E-state index in [2.05, 4.69) is 10.3 Å².